The molecule has 4 rings (SSSR count). The summed E-state index contributed by atoms with van der Waals surface area (Å²) in [6.45, 7) is 2.03. The van der Waals surface area contributed by atoms with Gasteiger partial charge in [0, 0.05) is 17.8 Å². The van der Waals surface area contributed by atoms with Crippen LogP contribution in [0.25, 0.3) is 0 Å². The molecule has 0 saturated heterocycles. The Hall–Kier alpha value is -3.30. The van der Waals surface area contributed by atoms with Gasteiger partial charge in [-0.3, -0.25) is 9.48 Å². The molecule has 0 saturated carbocycles. The molecule has 0 aliphatic carbocycles. The third-order valence-corrected chi connectivity index (χ3v) is 5.93. The molecule has 0 radical (unpaired) electrons. The van der Waals surface area contributed by atoms with E-state index in [0.717, 1.165) is 24.3 Å². The van der Waals surface area contributed by atoms with E-state index in [1.165, 1.54) is 40.0 Å². The molecular formula is C22H17F4N3O3S2. The number of rotatable bonds is 2. The number of amides is 1. The summed E-state index contributed by atoms with van der Waals surface area (Å²) in [7, 11) is -4.82. The minimum Gasteiger partial charge on any atom is -0.305 e. The van der Waals surface area contributed by atoms with Crippen LogP contribution in [0.2, 0.25) is 0 Å². The number of aromatic nitrogens is 2. The van der Waals surface area contributed by atoms with E-state index >= 15 is 0 Å². The number of anilines is 1. The second kappa shape index (κ2) is 9.15. The Morgan fingerprint density at radius 1 is 1.03 bits per heavy atom. The number of halogens is 4. The zero-order chi connectivity index (χ0) is 24.0. The second-order valence-corrected chi connectivity index (χ2v) is 8.72. The molecule has 2 heterocycles. The predicted octanol–water partition coefficient (Wildman–Crippen LogP) is 4.29. The van der Waals surface area contributed by atoms with Crippen LogP contribution in [0.15, 0.2) is 59.6 Å². The molecule has 0 bridgehead atoms. The average Bonchev–Trinajstić information content (AvgIpc) is 3.19. The Morgan fingerprint density at radius 3 is 2.21 bits per heavy atom. The third-order valence-electron chi connectivity index (χ3n) is 5.09. The number of carbonyl (C=O) groups is 1. The van der Waals surface area contributed by atoms with Gasteiger partial charge in [0.15, 0.2) is 0 Å². The number of hydrogen-bond donors (Lipinski definition) is 0. The zero-order valence-corrected chi connectivity index (χ0v) is 19.3. The highest BCUT2D eigenvalue weighted by Gasteiger charge is 2.34. The number of carbonyl (C=O) groups excluding carboxylic acids is 1. The van der Waals surface area contributed by atoms with Gasteiger partial charge in [0.1, 0.15) is 5.69 Å². The highest BCUT2D eigenvalue weighted by molar-refractivity contribution is 7.86. The van der Waals surface area contributed by atoms with Crippen molar-refractivity contribution >= 4 is 35.3 Å². The molecule has 0 fully saturated rings. The molecule has 12 heteroatoms. The van der Waals surface area contributed by atoms with Gasteiger partial charge in [-0.15, -0.1) is 3.89 Å². The number of benzene rings is 2. The van der Waals surface area contributed by atoms with Crippen LogP contribution in [0.3, 0.4) is 0 Å². The van der Waals surface area contributed by atoms with Gasteiger partial charge in [-0.1, -0.05) is 11.8 Å². The molecule has 2 aromatic carbocycles. The molecule has 1 amide bonds. The van der Waals surface area contributed by atoms with E-state index < -0.39 is 32.8 Å². The van der Waals surface area contributed by atoms with Crippen LogP contribution in [0.1, 0.15) is 40.1 Å². The third kappa shape index (κ3) is 4.95. The van der Waals surface area contributed by atoms with Crippen molar-refractivity contribution in [1.29, 1.82) is 0 Å². The summed E-state index contributed by atoms with van der Waals surface area (Å²) in [5.41, 5.74) is 0.370. The first-order valence-electron chi connectivity index (χ1n) is 9.58. The molecular weight excluding hydrogens is 494 g/mol. The first kappa shape index (κ1) is 25.3. The van der Waals surface area contributed by atoms with Crippen molar-refractivity contribution in [3.05, 3.63) is 77.1 Å². The SMILES string of the molecule is C[C@H]1CN(c2ccc(C(F)(F)F)cc2)C(=O)c2c(C#Cc3ccc(S(=O)(=O)F)cc3)cnn21.S. The lowest BCUT2D eigenvalue weighted by molar-refractivity contribution is -0.137. The van der Waals surface area contributed by atoms with E-state index in [1.54, 1.807) is 0 Å². The Kier molecular flexibility index (Phi) is 6.82. The molecule has 1 atom stereocenters. The summed E-state index contributed by atoms with van der Waals surface area (Å²) in [5, 5.41) is 4.21. The van der Waals surface area contributed by atoms with Crippen LogP contribution in [0.5, 0.6) is 0 Å². The normalized spacial score (nSPS) is 15.7. The van der Waals surface area contributed by atoms with Gasteiger partial charge in [0.25, 0.3) is 5.91 Å². The zero-order valence-electron chi connectivity index (χ0n) is 17.5. The smallest absolute Gasteiger partial charge is 0.305 e. The Balaban J connectivity index is 0.00000324. The summed E-state index contributed by atoms with van der Waals surface area (Å²) in [5.74, 6) is 5.12. The van der Waals surface area contributed by atoms with Crippen LogP contribution >= 0.6 is 13.5 Å². The lowest BCUT2D eigenvalue weighted by atomic mass is 10.1. The number of nitrogens with zero attached hydrogens (tertiary/aromatic N) is 3. The fourth-order valence-electron chi connectivity index (χ4n) is 3.45. The first-order chi connectivity index (χ1) is 15.4. The van der Waals surface area contributed by atoms with Gasteiger partial charge in [-0.25, -0.2) is 0 Å². The van der Waals surface area contributed by atoms with Gasteiger partial charge in [-0.05, 0) is 55.5 Å². The summed E-state index contributed by atoms with van der Waals surface area (Å²) in [4.78, 5) is 14.0. The second-order valence-electron chi connectivity index (χ2n) is 7.37. The highest BCUT2D eigenvalue weighted by Crippen LogP contribution is 2.32. The monoisotopic (exact) mass is 511 g/mol. The van der Waals surface area contributed by atoms with Crippen molar-refractivity contribution in [3.8, 4) is 11.8 Å². The highest BCUT2D eigenvalue weighted by atomic mass is 32.3. The van der Waals surface area contributed by atoms with Gasteiger partial charge >= 0.3 is 16.4 Å². The number of fused-ring (bicyclic) bond motifs is 1. The summed E-state index contributed by atoms with van der Waals surface area (Å²) in [6.07, 6.45) is -3.07. The van der Waals surface area contributed by atoms with Crippen molar-refractivity contribution in [2.45, 2.75) is 24.0 Å². The van der Waals surface area contributed by atoms with Crippen LogP contribution in [0, 0.1) is 11.8 Å². The van der Waals surface area contributed by atoms with Crippen molar-refractivity contribution in [2.24, 2.45) is 0 Å². The van der Waals surface area contributed by atoms with E-state index in [2.05, 4.69) is 16.9 Å². The molecule has 1 aliphatic rings. The van der Waals surface area contributed by atoms with Gasteiger partial charge in [-0.2, -0.15) is 40.2 Å². The molecule has 6 nitrogen and oxygen atoms in total. The Morgan fingerprint density at radius 2 is 1.65 bits per heavy atom. The van der Waals surface area contributed by atoms with Crippen LogP contribution < -0.4 is 4.90 Å². The van der Waals surface area contributed by atoms with E-state index in [-0.39, 0.29) is 31.8 Å². The maximum Gasteiger partial charge on any atom is 0.416 e. The number of alkyl halides is 3. The fraction of sp³-hybridized carbons (Fsp3) is 0.182. The topological polar surface area (TPSA) is 72.3 Å². The molecule has 178 valence electrons. The largest absolute Gasteiger partial charge is 0.416 e. The van der Waals surface area contributed by atoms with Gasteiger partial charge in [0.2, 0.25) is 0 Å². The van der Waals surface area contributed by atoms with Gasteiger partial charge in [0.05, 0.1) is 28.3 Å². The van der Waals surface area contributed by atoms with Crippen molar-refractivity contribution in [2.75, 3.05) is 11.4 Å². The van der Waals surface area contributed by atoms with Gasteiger partial charge < -0.3 is 4.90 Å². The first-order valence-corrected chi connectivity index (χ1v) is 11.0. The quantitative estimate of drug-likeness (QED) is 0.292. The summed E-state index contributed by atoms with van der Waals surface area (Å²) in [6, 6.07) is 8.87. The standard InChI is InChI=1S/C22H15F4N3O3S.H2S/c1-14-13-28(18-8-6-17(7-9-18)22(23,24)25)21(30)20-16(12-27-29(14)20)5-2-15-3-10-19(11-4-15)33(26,31)32;/h3-4,6-12,14H,13H2,1H3;1H2/t14-;/m0./s1. The minimum absolute atomic E-state index is 0. The molecule has 34 heavy (non-hydrogen) atoms. The molecule has 3 aromatic rings. The Bertz CT molecular complexity index is 1390. The molecule has 1 aromatic heterocycles. The fourth-order valence-corrected chi connectivity index (χ4v) is 3.91. The summed E-state index contributed by atoms with van der Waals surface area (Å²) < 4.78 is 74.9. The van der Waals surface area contributed by atoms with E-state index in [1.807, 2.05) is 6.92 Å². The lowest BCUT2D eigenvalue weighted by Gasteiger charge is -2.32. The molecule has 0 N–H and O–H groups in total. The van der Waals surface area contributed by atoms with Crippen molar-refractivity contribution in [1.82, 2.24) is 9.78 Å². The van der Waals surface area contributed by atoms with Crippen LogP contribution in [0.4, 0.5) is 22.7 Å². The maximum absolute atomic E-state index is 13.2. The molecule has 1 aliphatic heterocycles. The predicted molar refractivity (Wildman–Crippen MR) is 121 cm³/mol. The van der Waals surface area contributed by atoms with E-state index in [4.69, 9.17) is 0 Å². The summed E-state index contributed by atoms with van der Waals surface area (Å²) >= 11 is 0. The lowest BCUT2D eigenvalue weighted by Crippen LogP contribution is -2.43. The van der Waals surface area contributed by atoms with Crippen molar-refractivity contribution < 1.29 is 30.3 Å². The molecule has 0 unspecified atom stereocenters. The molecule has 0 spiro atoms. The van der Waals surface area contributed by atoms with Crippen molar-refractivity contribution in [3.63, 3.8) is 0 Å². The van der Waals surface area contributed by atoms with E-state index in [0.29, 0.717) is 16.8 Å². The Labute approximate surface area is 199 Å². The van der Waals surface area contributed by atoms with Crippen LogP contribution in [-0.4, -0.2) is 30.7 Å². The van der Waals surface area contributed by atoms with Crippen LogP contribution in [-0.2, 0) is 16.4 Å². The maximum atomic E-state index is 13.2. The number of hydrogen-bond acceptors (Lipinski definition) is 4. The van der Waals surface area contributed by atoms with E-state index in [9.17, 15) is 30.3 Å². The average molecular weight is 512 g/mol. The minimum atomic E-state index is -4.82.